The van der Waals surface area contributed by atoms with E-state index in [4.69, 9.17) is 25.8 Å². The molecule has 1 unspecified atom stereocenters. The second-order valence-electron chi connectivity index (χ2n) is 3.80. The standard InChI is InChI=1S/C11H15ClN2O3/c1-15-9-10(12)13-7-14-11(9)17-6-8-4-2-3-5-16-8/h7-8H,2-6H2,1H3. The van der Waals surface area contributed by atoms with Gasteiger partial charge in [-0.05, 0) is 19.3 Å². The monoisotopic (exact) mass is 258 g/mol. The van der Waals surface area contributed by atoms with E-state index in [9.17, 15) is 0 Å². The average molecular weight is 259 g/mol. The van der Waals surface area contributed by atoms with Crippen LogP contribution in [-0.4, -0.2) is 36.4 Å². The minimum Gasteiger partial charge on any atom is -0.489 e. The molecule has 94 valence electrons. The van der Waals surface area contributed by atoms with E-state index < -0.39 is 0 Å². The molecule has 1 aliphatic heterocycles. The third-order valence-electron chi connectivity index (χ3n) is 2.61. The topological polar surface area (TPSA) is 53.5 Å². The maximum atomic E-state index is 5.86. The Morgan fingerprint density at radius 2 is 2.35 bits per heavy atom. The minimum atomic E-state index is 0.127. The summed E-state index contributed by atoms with van der Waals surface area (Å²) in [6.45, 7) is 1.26. The summed E-state index contributed by atoms with van der Waals surface area (Å²) in [4.78, 5) is 7.82. The van der Waals surface area contributed by atoms with Crippen molar-refractivity contribution in [3.63, 3.8) is 0 Å². The van der Waals surface area contributed by atoms with Crippen LogP contribution in [0.3, 0.4) is 0 Å². The number of aromatic nitrogens is 2. The van der Waals surface area contributed by atoms with Gasteiger partial charge in [-0.25, -0.2) is 4.98 Å². The summed E-state index contributed by atoms with van der Waals surface area (Å²) in [6.07, 6.45) is 4.79. The molecule has 0 spiro atoms. The zero-order valence-electron chi connectivity index (χ0n) is 9.69. The molecule has 1 aliphatic rings. The minimum absolute atomic E-state index is 0.127. The lowest BCUT2D eigenvalue weighted by Gasteiger charge is -2.22. The fraction of sp³-hybridized carbons (Fsp3) is 0.636. The molecule has 0 N–H and O–H groups in total. The Kier molecular flexibility index (Phi) is 4.39. The van der Waals surface area contributed by atoms with Crippen LogP contribution < -0.4 is 9.47 Å². The Morgan fingerprint density at radius 1 is 1.47 bits per heavy atom. The quantitative estimate of drug-likeness (QED) is 0.774. The van der Waals surface area contributed by atoms with E-state index in [0.717, 1.165) is 19.4 Å². The summed E-state index contributed by atoms with van der Waals surface area (Å²) in [6, 6.07) is 0. The summed E-state index contributed by atoms with van der Waals surface area (Å²) in [5.41, 5.74) is 0. The van der Waals surface area contributed by atoms with Gasteiger partial charge < -0.3 is 14.2 Å². The molecular weight excluding hydrogens is 244 g/mol. The summed E-state index contributed by atoms with van der Waals surface area (Å²) < 4.78 is 16.2. The number of ether oxygens (including phenoxy) is 3. The molecule has 0 aliphatic carbocycles. The first-order valence-corrected chi connectivity index (χ1v) is 5.98. The van der Waals surface area contributed by atoms with E-state index in [2.05, 4.69) is 9.97 Å². The highest BCUT2D eigenvalue weighted by Gasteiger charge is 2.17. The second-order valence-corrected chi connectivity index (χ2v) is 4.16. The smallest absolute Gasteiger partial charge is 0.261 e. The molecule has 1 aromatic heterocycles. The SMILES string of the molecule is COc1c(Cl)ncnc1OCC1CCCCO1. The van der Waals surface area contributed by atoms with Crippen LogP contribution in [0.25, 0.3) is 0 Å². The second kappa shape index (κ2) is 6.02. The number of rotatable bonds is 4. The third-order valence-corrected chi connectivity index (χ3v) is 2.88. The maximum absolute atomic E-state index is 5.86. The molecule has 2 heterocycles. The number of methoxy groups -OCH3 is 1. The average Bonchev–Trinajstić information content (AvgIpc) is 2.37. The van der Waals surface area contributed by atoms with Gasteiger partial charge in [-0.1, -0.05) is 11.6 Å². The van der Waals surface area contributed by atoms with Crippen LogP contribution in [-0.2, 0) is 4.74 Å². The molecule has 5 nitrogen and oxygen atoms in total. The molecule has 1 fully saturated rings. The van der Waals surface area contributed by atoms with Crippen LogP contribution in [0, 0.1) is 0 Å². The highest BCUT2D eigenvalue weighted by molar-refractivity contribution is 6.31. The van der Waals surface area contributed by atoms with Gasteiger partial charge in [0, 0.05) is 6.61 Å². The summed E-state index contributed by atoms with van der Waals surface area (Å²) in [5.74, 6) is 0.728. The van der Waals surface area contributed by atoms with Gasteiger partial charge in [-0.3, -0.25) is 0 Å². The molecule has 1 atom stereocenters. The number of nitrogens with zero attached hydrogens (tertiary/aromatic N) is 2. The first-order valence-electron chi connectivity index (χ1n) is 5.60. The molecule has 2 rings (SSSR count). The van der Waals surface area contributed by atoms with Gasteiger partial charge in [-0.15, -0.1) is 0 Å². The first kappa shape index (κ1) is 12.4. The van der Waals surface area contributed by atoms with Gasteiger partial charge >= 0.3 is 0 Å². The van der Waals surface area contributed by atoms with Crippen molar-refractivity contribution in [3.05, 3.63) is 11.5 Å². The van der Waals surface area contributed by atoms with Gasteiger partial charge in [0.2, 0.25) is 5.75 Å². The number of hydrogen-bond acceptors (Lipinski definition) is 5. The van der Waals surface area contributed by atoms with E-state index in [0.29, 0.717) is 18.2 Å². The van der Waals surface area contributed by atoms with Gasteiger partial charge in [0.15, 0.2) is 5.15 Å². The van der Waals surface area contributed by atoms with E-state index in [-0.39, 0.29) is 11.3 Å². The summed E-state index contributed by atoms with van der Waals surface area (Å²) >= 11 is 5.86. The molecule has 1 saturated heterocycles. The van der Waals surface area contributed by atoms with E-state index >= 15 is 0 Å². The lowest BCUT2D eigenvalue weighted by atomic mass is 10.1. The van der Waals surface area contributed by atoms with Crippen molar-refractivity contribution in [3.8, 4) is 11.6 Å². The van der Waals surface area contributed by atoms with Crippen LogP contribution in [0.5, 0.6) is 11.6 Å². The number of halogens is 1. The van der Waals surface area contributed by atoms with Crippen molar-refractivity contribution in [2.45, 2.75) is 25.4 Å². The normalized spacial score (nSPS) is 20.0. The predicted molar refractivity (Wildman–Crippen MR) is 62.7 cm³/mol. The van der Waals surface area contributed by atoms with Crippen molar-refractivity contribution in [2.75, 3.05) is 20.3 Å². The molecule has 0 aromatic carbocycles. The van der Waals surface area contributed by atoms with Gasteiger partial charge in [0.25, 0.3) is 5.88 Å². The molecule has 0 amide bonds. The number of hydrogen-bond donors (Lipinski definition) is 0. The molecular formula is C11H15ClN2O3. The predicted octanol–water partition coefficient (Wildman–Crippen LogP) is 2.09. The zero-order valence-corrected chi connectivity index (χ0v) is 10.4. The van der Waals surface area contributed by atoms with E-state index in [1.807, 2.05) is 0 Å². The Hall–Kier alpha value is -1.07. The molecule has 0 saturated carbocycles. The maximum Gasteiger partial charge on any atom is 0.261 e. The molecule has 0 radical (unpaired) electrons. The van der Waals surface area contributed by atoms with E-state index in [1.54, 1.807) is 0 Å². The molecule has 0 bridgehead atoms. The Morgan fingerprint density at radius 3 is 3.06 bits per heavy atom. The Labute approximate surface area is 105 Å². The van der Waals surface area contributed by atoms with Crippen molar-refractivity contribution < 1.29 is 14.2 Å². The molecule has 6 heteroatoms. The van der Waals surface area contributed by atoms with Crippen LogP contribution in [0.2, 0.25) is 5.15 Å². The zero-order chi connectivity index (χ0) is 12.1. The van der Waals surface area contributed by atoms with Crippen LogP contribution in [0.4, 0.5) is 0 Å². The van der Waals surface area contributed by atoms with Crippen LogP contribution >= 0.6 is 11.6 Å². The highest BCUT2D eigenvalue weighted by atomic mass is 35.5. The highest BCUT2D eigenvalue weighted by Crippen LogP contribution is 2.30. The third kappa shape index (κ3) is 3.20. The lowest BCUT2D eigenvalue weighted by molar-refractivity contribution is -0.0124. The van der Waals surface area contributed by atoms with Gasteiger partial charge in [0.05, 0.1) is 13.2 Å². The fourth-order valence-corrected chi connectivity index (χ4v) is 1.92. The Bertz CT molecular complexity index is 370. The summed E-state index contributed by atoms with van der Waals surface area (Å²) in [7, 11) is 1.51. The van der Waals surface area contributed by atoms with Crippen molar-refractivity contribution >= 4 is 11.6 Å². The van der Waals surface area contributed by atoms with Crippen molar-refractivity contribution in [1.82, 2.24) is 9.97 Å². The van der Waals surface area contributed by atoms with Crippen LogP contribution in [0.1, 0.15) is 19.3 Å². The van der Waals surface area contributed by atoms with E-state index in [1.165, 1.54) is 19.9 Å². The largest absolute Gasteiger partial charge is 0.489 e. The lowest BCUT2D eigenvalue weighted by Crippen LogP contribution is -2.26. The van der Waals surface area contributed by atoms with Crippen LogP contribution in [0.15, 0.2) is 6.33 Å². The Balaban J connectivity index is 1.95. The van der Waals surface area contributed by atoms with Gasteiger partial charge in [-0.2, -0.15) is 4.98 Å². The summed E-state index contributed by atoms with van der Waals surface area (Å²) in [5, 5.41) is 0.252. The first-order chi connectivity index (χ1) is 8.31. The molecule has 17 heavy (non-hydrogen) atoms. The van der Waals surface area contributed by atoms with Gasteiger partial charge in [0.1, 0.15) is 12.9 Å². The fourth-order valence-electron chi connectivity index (χ4n) is 1.72. The van der Waals surface area contributed by atoms with Crippen molar-refractivity contribution in [2.24, 2.45) is 0 Å². The molecule has 1 aromatic rings. The van der Waals surface area contributed by atoms with Crippen molar-refractivity contribution in [1.29, 1.82) is 0 Å².